The van der Waals surface area contributed by atoms with Crippen molar-refractivity contribution in [2.75, 3.05) is 38.9 Å². The van der Waals surface area contributed by atoms with Gasteiger partial charge in [-0.3, -0.25) is 9.59 Å². The van der Waals surface area contributed by atoms with Crippen molar-refractivity contribution < 1.29 is 32.6 Å². The third-order valence-corrected chi connectivity index (χ3v) is 5.60. The van der Waals surface area contributed by atoms with Crippen molar-refractivity contribution in [3.63, 3.8) is 0 Å². The first-order valence-electron chi connectivity index (χ1n) is 10.7. The number of hydrogen-bond donors (Lipinski definition) is 1. The van der Waals surface area contributed by atoms with E-state index in [4.69, 9.17) is 25.8 Å². The second-order valence-corrected chi connectivity index (χ2v) is 8.13. The first kappa shape index (κ1) is 25.3. The Bertz CT molecular complexity index is 1310. The Morgan fingerprint density at radius 3 is 2.81 bits per heavy atom. The number of ether oxygens (including phenoxy) is 3. The van der Waals surface area contributed by atoms with Gasteiger partial charge in [0.15, 0.2) is 0 Å². The second kappa shape index (κ2) is 10.8. The Morgan fingerprint density at radius 1 is 1.25 bits per heavy atom. The van der Waals surface area contributed by atoms with E-state index in [0.29, 0.717) is 36.5 Å². The summed E-state index contributed by atoms with van der Waals surface area (Å²) >= 11 is 6.09. The molecule has 4 rings (SSSR count). The van der Waals surface area contributed by atoms with E-state index >= 15 is 0 Å². The zero-order chi connectivity index (χ0) is 25.8. The van der Waals surface area contributed by atoms with Crippen LogP contribution in [0.5, 0.6) is 11.5 Å². The fourth-order valence-electron chi connectivity index (χ4n) is 3.48. The van der Waals surface area contributed by atoms with Crippen LogP contribution in [0, 0.1) is 11.6 Å². The SMILES string of the molecule is COCCOc1ccc2c(c1)N(C)C(=O)[C@@H](NC(=O)c1ncc(Cl)c(-c3ccc(F)cc3F)n1)CO2. The van der Waals surface area contributed by atoms with Crippen LogP contribution in [0.1, 0.15) is 10.6 Å². The van der Waals surface area contributed by atoms with E-state index in [1.54, 1.807) is 32.4 Å². The number of halogens is 3. The Labute approximate surface area is 210 Å². The molecule has 0 unspecified atom stereocenters. The van der Waals surface area contributed by atoms with Crippen molar-refractivity contribution in [3.8, 4) is 22.8 Å². The smallest absolute Gasteiger partial charge is 0.289 e. The van der Waals surface area contributed by atoms with Crippen LogP contribution in [0.25, 0.3) is 11.3 Å². The summed E-state index contributed by atoms with van der Waals surface area (Å²) < 4.78 is 43.9. The molecule has 0 bridgehead atoms. The number of fused-ring (bicyclic) bond motifs is 1. The maximum Gasteiger partial charge on any atom is 0.289 e. The number of aromatic nitrogens is 2. The van der Waals surface area contributed by atoms with Gasteiger partial charge in [-0.1, -0.05) is 11.6 Å². The van der Waals surface area contributed by atoms with Crippen molar-refractivity contribution in [1.82, 2.24) is 15.3 Å². The number of nitrogens with zero attached hydrogens (tertiary/aromatic N) is 3. The molecule has 2 aromatic carbocycles. The zero-order valence-electron chi connectivity index (χ0n) is 19.3. The summed E-state index contributed by atoms with van der Waals surface area (Å²) in [6, 6.07) is 6.82. The highest BCUT2D eigenvalue weighted by atomic mass is 35.5. The van der Waals surface area contributed by atoms with Gasteiger partial charge in [0.25, 0.3) is 11.8 Å². The number of amides is 2. The summed E-state index contributed by atoms with van der Waals surface area (Å²) in [6.07, 6.45) is 1.13. The van der Waals surface area contributed by atoms with E-state index in [1.165, 1.54) is 4.90 Å². The molecule has 2 amide bonds. The summed E-state index contributed by atoms with van der Waals surface area (Å²) in [5, 5.41) is 2.51. The highest BCUT2D eigenvalue weighted by Crippen LogP contribution is 2.34. The van der Waals surface area contributed by atoms with Gasteiger partial charge in [-0.25, -0.2) is 18.7 Å². The molecule has 2 heterocycles. The van der Waals surface area contributed by atoms with Crippen LogP contribution in [-0.4, -0.2) is 61.8 Å². The molecule has 0 spiro atoms. The average molecular weight is 519 g/mol. The summed E-state index contributed by atoms with van der Waals surface area (Å²) in [5.74, 6) is -2.34. The lowest BCUT2D eigenvalue weighted by Gasteiger charge is -2.20. The predicted molar refractivity (Wildman–Crippen MR) is 126 cm³/mol. The van der Waals surface area contributed by atoms with Gasteiger partial charge < -0.3 is 24.4 Å². The fourth-order valence-corrected chi connectivity index (χ4v) is 3.68. The third-order valence-electron chi connectivity index (χ3n) is 5.32. The predicted octanol–water partition coefficient (Wildman–Crippen LogP) is 3.25. The van der Waals surface area contributed by atoms with Crippen LogP contribution in [0.4, 0.5) is 14.5 Å². The van der Waals surface area contributed by atoms with E-state index in [-0.39, 0.29) is 28.7 Å². The fraction of sp³-hybridized carbons (Fsp3) is 0.250. The van der Waals surface area contributed by atoms with Gasteiger partial charge in [0.1, 0.15) is 42.4 Å². The molecular formula is C24H21ClF2N4O5. The van der Waals surface area contributed by atoms with Gasteiger partial charge in [-0.2, -0.15) is 0 Å². The van der Waals surface area contributed by atoms with Crippen molar-refractivity contribution in [3.05, 3.63) is 65.1 Å². The minimum Gasteiger partial charge on any atom is -0.491 e. The number of hydrogen-bond acceptors (Lipinski definition) is 7. The number of methoxy groups -OCH3 is 1. The molecule has 1 aliphatic heterocycles. The summed E-state index contributed by atoms with van der Waals surface area (Å²) in [4.78, 5) is 35.3. The lowest BCUT2D eigenvalue weighted by atomic mass is 10.1. The molecule has 1 N–H and O–H groups in total. The summed E-state index contributed by atoms with van der Waals surface area (Å²) in [7, 11) is 3.11. The largest absolute Gasteiger partial charge is 0.491 e. The molecule has 36 heavy (non-hydrogen) atoms. The molecule has 0 radical (unpaired) electrons. The number of carbonyl (C=O) groups excluding carboxylic acids is 2. The molecule has 12 heteroatoms. The van der Waals surface area contributed by atoms with E-state index in [1.807, 2.05) is 0 Å². The van der Waals surface area contributed by atoms with E-state index in [2.05, 4.69) is 15.3 Å². The zero-order valence-corrected chi connectivity index (χ0v) is 20.0. The van der Waals surface area contributed by atoms with Gasteiger partial charge in [-0.05, 0) is 24.3 Å². The molecule has 3 aromatic rings. The normalized spacial score (nSPS) is 15.1. The monoisotopic (exact) mass is 518 g/mol. The van der Waals surface area contributed by atoms with E-state index in [0.717, 1.165) is 18.3 Å². The number of carbonyl (C=O) groups is 2. The van der Waals surface area contributed by atoms with Gasteiger partial charge >= 0.3 is 0 Å². The molecule has 1 aliphatic rings. The summed E-state index contributed by atoms with van der Waals surface area (Å²) in [6.45, 7) is 0.578. The van der Waals surface area contributed by atoms with Crippen LogP contribution in [-0.2, 0) is 9.53 Å². The highest BCUT2D eigenvalue weighted by Gasteiger charge is 2.32. The van der Waals surface area contributed by atoms with Crippen molar-refractivity contribution in [2.45, 2.75) is 6.04 Å². The molecule has 0 saturated heterocycles. The van der Waals surface area contributed by atoms with Crippen LogP contribution in [0.15, 0.2) is 42.6 Å². The molecule has 0 aliphatic carbocycles. The minimum absolute atomic E-state index is 0.0374. The Balaban J connectivity index is 1.52. The maximum absolute atomic E-state index is 14.3. The lowest BCUT2D eigenvalue weighted by Crippen LogP contribution is -2.49. The summed E-state index contributed by atoms with van der Waals surface area (Å²) in [5.41, 5.74) is 0.261. The van der Waals surface area contributed by atoms with Crippen LogP contribution in [0.2, 0.25) is 5.02 Å². The maximum atomic E-state index is 14.3. The first-order valence-corrected chi connectivity index (χ1v) is 11.1. The molecule has 9 nitrogen and oxygen atoms in total. The number of benzene rings is 2. The number of anilines is 1. The van der Waals surface area contributed by atoms with Gasteiger partial charge in [0, 0.05) is 31.9 Å². The number of nitrogens with one attached hydrogen (secondary N) is 1. The quantitative estimate of drug-likeness (QED) is 0.479. The Kier molecular flexibility index (Phi) is 7.61. The van der Waals surface area contributed by atoms with Crippen LogP contribution in [0.3, 0.4) is 0 Å². The van der Waals surface area contributed by atoms with Crippen molar-refractivity contribution >= 4 is 29.1 Å². The molecule has 0 saturated carbocycles. The molecular weight excluding hydrogens is 498 g/mol. The topological polar surface area (TPSA) is 103 Å². The van der Waals surface area contributed by atoms with Crippen LogP contribution < -0.4 is 19.7 Å². The Hall–Kier alpha value is -3.83. The van der Waals surface area contributed by atoms with Crippen molar-refractivity contribution in [2.24, 2.45) is 0 Å². The molecule has 0 fully saturated rings. The number of rotatable bonds is 7. The van der Waals surface area contributed by atoms with E-state index < -0.39 is 29.5 Å². The van der Waals surface area contributed by atoms with E-state index in [9.17, 15) is 18.4 Å². The third kappa shape index (κ3) is 5.37. The van der Waals surface area contributed by atoms with Gasteiger partial charge in [-0.15, -0.1) is 0 Å². The molecule has 188 valence electrons. The van der Waals surface area contributed by atoms with Crippen LogP contribution >= 0.6 is 11.6 Å². The standard InChI is InChI=1S/C24H21ClF2N4O5/c1-31-19-10-14(35-8-7-34-2)4-6-20(19)36-12-18(24(31)33)29-23(32)22-28-11-16(25)21(30-22)15-5-3-13(26)9-17(15)27/h3-6,9-11,18H,7-8,12H2,1-2H3,(H,29,32)/t18-/m0/s1. The Morgan fingerprint density at radius 2 is 2.06 bits per heavy atom. The minimum atomic E-state index is -1.07. The number of likely N-dealkylation sites (N-methyl/N-ethyl adjacent to an activating group) is 1. The molecule has 1 aromatic heterocycles. The van der Waals surface area contributed by atoms with Crippen molar-refractivity contribution in [1.29, 1.82) is 0 Å². The molecule has 1 atom stereocenters. The second-order valence-electron chi connectivity index (χ2n) is 7.72. The van der Waals surface area contributed by atoms with Gasteiger partial charge in [0.05, 0.1) is 29.2 Å². The first-order chi connectivity index (χ1) is 17.3. The lowest BCUT2D eigenvalue weighted by molar-refractivity contribution is -0.120. The highest BCUT2D eigenvalue weighted by molar-refractivity contribution is 6.33. The average Bonchev–Trinajstić information content (AvgIpc) is 2.97. The van der Waals surface area contributed by atoms with Gasteiger partial charge in [0.2, 0.25) is 5.82 Å².